The monoisotopic (exact) mass is 254 g/mol. The van der Waals surface area contributed by atoms with Crippen molar-refractivity contribution in [3.63, 3.8) is 0 Å². The molecule has 1 aromatic carbocycles. The molecule has 1 aliphatic carbocycles. The zero-order chi connectivity index (χ0) is 12.3. The molecular formula is C13H19ClN2O. The lowest BCUT2D eigenvalue weighted by Gasteiger charge is -2.37. The molecule has 0 radical (unpaired) electrons. The number of halogens is 1. The topological polar surface area (TPSA) is 49.5 Å². The molecule has 17 heavy (non-hydrogen) atoms. The molecule has 0 unspecified atom stereocenters. The lowest BCUT2D eigenvalue weighted by atomic mass is 9.91. The number of hydrogen-bond acceptors (Lipinski definition) is 3. The van der Waals surface area contributed by atoms with Crippen LogP contribution in [0.2, 0.25) is 5.02 Å². The van der Waals surface area contributed by atoms with E-state index in [1.165, 1.54) is 19.3 Å². The molecule has 0 aromatic heterocycles. The molecule has 0 heterocycles. The lowest BCUT2D eigenvalue weighted by Crippen LogP contribution is -2.41. The molecule has 3 N–H and O–H groups in total. The lowest BCUT2D eigenvalue weighted by molar-refractivity contribution is 0.0948. The second-order valence-electron chi connectivity index (χ2n) is 4.59. The summed E-state index contributed by atoms with van der Waals surface area (Å²) in [5.74, 6) is 0. The average molecular weight is 255 g/mol. The first-order chi connectivity index (χ1) is 8.22. The Morgan fingerprint density at radius 2 is 2.18 bits per heavy atom. The molecule has 0 amide bonds. The van der Waals surface area contributed by atoms with E-state index in [-0.39, 0.29) is 6.61 Å². The molecule has 4 heteroatoms. The molecule has 1 aliphatic rings. The van der Waals surface area contributed by atoms with Crippen LogP contribution < -0.4 is 5.73 Å². The Hall–Kier alpha value is -0.770. The fourth-order valence-corrected chi connectivity index (χ4v) is 2.46. The van der Waals surface area contributed by atoms with Gasteiger partial charge in [0, 0.05) is 35.4 Å². The van der Waals surface area contributed by atoms with Crippen molar-refractivity contribution in [1.29, 1.82) is 0 Å². The van der Waals surface area contributed by atoms with Gasteiger partial charge in [-0.15, -0.1) is 0 Å². The summed E-state index contributed by atoms with van der Waals surface area (Å²) in [6, 6.07) is 6.18. The zero-order valence-corrected chi connectivity index (χ0v) is 10.7. The zero-order valence-electron chi connectivity index (χ0n) is 9.90. The van der Waals surface area contributed by atoms with Crippen LogP contribution in [0, 0.1) is 0 Å². The van der Waals surface area contributed by atoms with Gasteiger partial charge in [-0.2, -0.15) is 0 Å². The van der Waals surface area contributed by atoms with Crippen molar-refractivity contribution in [2.75, 3.05) is 18.9 Å². The number of anilines is 1. The molecule has 94 valence electrons. The second-order valence-corrected chi connectivity index (χ2v) is 4.99. The van der Waals surface area contributed by atoms with Crippen molar-refractivity contribution < 1.29 is 5.11 Å². The van der Waals surface area contributed by atoms with Crippen LogP contribution in [0.3, 0.4) is 0 Å². The number of hydrogen-bond donors (Lipinski definition) is 2. The molecule has 1 aromatic rings. The van der Waals surface area contributed by atoms with Crippen molar-refractivity contribution in [2.24, 2.45) is 0 Å². The van der Waals surface area contributed by atoms with E-state index < -0.39 is 0 Å². The van der Waals surface area contributed by atoms with Gasteiger partial charge >= 0.3 is 0 Å². The van der Waals surface area contributed by atoms with Crippen LogP contribution in [-0.2, 0) is 6.54 Å². The van der Waals surface area contributed by atoms with Crippen LogP contribution in [0.4, 0.5) is 5.69 Å². The highest BCUT2D eigenvalue weighted by Gasteiger charge is 2.25. The molecule has 0 spiro atoms. The van der Waals surface area contributed by atoms with Crippen LogP contribution in [0.15, 0.2) is 18.2 Å². The van der Waals surface area contributed by atoms with Gasteiger partial charge in [-0.25, -0.2) is 0 Å². The van der Waals surface area contributed by atoms with Gasteiger partial charge in [0.05, 0.1) is 6.61 Å². The Balaban J connectivity index is 2.10. The van der Waals surface area contributed by atoms with Gasteiger partial charge in [-0.1, -0.05) is 24.1 Å². The quantitative estimate of drug-likeness (QED) is 0.793. The molecule has 0 saturated heterocycles. The molecule has 3 nitrogen and oxygen atoms in total. The third kappa shape index (κ3) is 2.92. The molecule has 1 fully saturated rings. The molecule has 0 bridgehead atoms. The van der Waals surface area contributed by atoms with Crippen molar-refractivity contribution >= 4 is 17.3 Å². The van der Waals surface area contributed by atoms with Gasteiger partial charge in [-0.05, 0) is 25.0 Å². The van der Waals surface area contributed by atoms with Crippen molar-refractivity contribution in [3.8, 4) is 0 Å². The van der Waals surface area contributed by atoms with E-state index in [0.29, 0.717) is 17.6 Å². The smallest absolute Gasteiger partial charge is 0.0558 e. The third-order valence-electron chi connectivity index (χ3n) is 3.49. The molecule has 0 aliphatic heterocycles. The second kappa shape index (κ2) is 5.71. The first-order valence-corrected chi connectivity index (χ1v) is 6.48. The first kappa shape index (κ1) is 12.7. The maximum atomic E-state index is 9.12. The molecule has 2 rings (SSSR count). The Labute approximate surface area is 107 Å². The van der Waals surface area contributed by atoms with E-state index >= 15 is 0 Å². The summed E-state index contributed by atoms with van der Waals surface area (Å²) in [6.45, 7) is 1.60. The van der Waals surface area contributed by atoms with Crippen molar-refractivity contribution in [3.05, 3.63) is 28.8 Å². The highest BCUT2D eigenvalue weighted by molar-refractivity contribution is 6.31. The maximum absolute atomic E-state index is 9.12. The van der Waals surface area contributed by atoms with Gasteiger partial charge in [0.25, 0.3) is 0 Å². The number of nitrogens with zero attached hydrogens (tertiary/aromatic N) is 1. The Morgan fingerprint density at radius 1 is 1.41 bits per heavy atom. The van der Waals surface area contributed by atoms with Gasteiger partial charge in [-0.3, -0.25) is 4.90 Å². The number of nitrogen functional groups attached to an aromatic ring is 1. The van der Waals surface area contributed by atoms with Gasteiger partial charge in [0.1, 0.15) is 0 Å². The van der Waals surface area contributed by atoms with E-state index in [4.69, 9.17) is 22.4 Å². The minimum atomic E-state index is 0.181. The SMILES string of the molecule is Nc1cccc(Cl)c1CN(CCO)C1CCC1. The Morgan fingerprint density at radius 3 is 2.71 bits per heavy atom. The van der Waals surface area contributed by atoms with E-state index in [0.717, 1.165) is 17.8 Å². The summed E-state index contributed by atoms with van der Waals surface area (Å²) >= 11 is 6.17. The van der Waals surface area contributed by atoms with Gasteiger partial charge < -0.3 is 10.8 Å². The van der Waals surface area contributed by atoms with Crippen molar-refractivity contribution in [2.45, 2.75) is 31.8 Å². The third-order valence-corrected chi connectivity index (χ3v) is 3.85. The molecule has 0 atom stereocenters. The number of benzene rings is 1. The highest BCUT2D eigenvalue weighted by atomic mass is 35.5. The predicted molar refractivity (Wildman–Crippen MR) is 71.0 cm³/mol. The number of aliphatic hydroxyl groups is 1. The van der Waals surface area contributed by atoms with Crippen molar-refractivity contribution in [1.82, 2.24) is 4.90 Å². The van der Waals surface area contributed by atoms with E-state index in [1.807, 2.05) is 18.2 Å². The Bertz CT molecular complexity index is 359. The predicted octanol–water partition coefficient (Wildman–Crippen LogP) is 2.27. The summed E-state index contributed by atoms with van der Waals surface area (Å²) in [5, 5.41) is 9.83. The number of nitrogens with two attached hydrogens (primary N) is 1. The maximum Gasteiger partial charge on any atom is 0.0558 e. The number of aliphatic hydroxyl groups excluding tert-OH is 1. The van der Waals surface area contributed by atoms with Crippen LogP contribution in [0.25, 0.3) is 0 Å². The summed E-state index contributed by atoms with van der Waals surface area (Å²) in [4.78, 5) is 2.28. The highest BCUT2D eigenvalue weighted by Crippen LogP contribution is 2.29. The van der Waals surface area contributed by atoms with Crippen LogP contribution in [-0.4, -0.2) is 29.2 Å². The standard InChI is InChI=1S/C13H19ClN2O/c14-12-5-2-6-13(15)11(12)9-16(7-8-17)10-3-1-4-10/h2,5-6,10,17H,1,3-4,7-9,15H2. The average Bonchev–Trinajstić information content (AvgIpc) is 2.21. The summed E-state index contributed by atoms with van der Waals surface area (Å²) in [7, 11) is 0. The fourth-order valence-electron chi connectivity index (χ4n) is 2.22. The minimum Gasteiger partial charge on any atom is -0.398 e. The van der Waals surface area contributed by atoms with Crippen LogP contribution in [0.5, 0.6) is 0 Å². The summed E-state index contributed by atoms with van der Waals surface area (Å²) in [6.07, 6.45) is 3.71. The first-order valence-electron chi connectivity index (χ1n) is 6.10. The largest absolute Gasteiger partial charge is 0.398 e. The van der Waals surface area contributed by atoms with E-state index in [9.17, 15) is 0 Å². The number of rotatable bonds is 5. The summed E-state index contributed by atoms with van der Waals surface area (Å²) < 4.78 is 0. The molecular weight excluding hydrogens is 236 g/mol. The van der Waals surface area contributed by atoms with E-state index in [1.54, 1.807) is 0 Å². The van der Waals surface area contributed by atoms with Gasteiger partial charge in [0.2, 0.25) is 0 Å². The van der Waals surface area contributed by atoms with E-state index in [2.05, 4.69) is 4.90 Å². The summed E-state index contributed by atoms with van der Waals surface area (Å²) in [5.41, 5.74) is 7.67. The van der Waals surface area contributed by atoms with Crippen LogP contribution >= 0.6 is 11.6 Å². The van der Waals surface area contributed by atoms with Gasteiger partial charge in [0.15, 0.2) is 0 Å². The van der Waals surface area contributed by atoms with Crippen LogP contribution in [0.1, 0.15) is 24.8 Å². The Kier molecular flexibility index (Phi) is 4.26. The fraction of sp³-hybridized carbons (Fsp3) is 0.538. The normalized spacial score (nSPS) is 16.2. The molecule has 1 saturated carbocycles. The minimum absolute atomic E-state index is 0.181.